The van der Waals surface area contributed by atoms with Crippen LogP contribution in [0.25, 0.3) is 11.3 Å². The van der Waals surface area contributed by atoms with E-state index in [1.165, 1.54) is 0 Å². The van der Waals surface area contributed by atoms with Crippen molar-refractivity contribution in [3.63, 3.8) is 0 Å². The van der Waals surface area contributed by atoms with Gasteiger partial charge >= 0.3 is 0 Å². The quantitative estimate of drug-likeness (QED) is 0.627. The second-order valence-electron chi connectivity index (χ2n) is 8.55. The van der Waals surface area contributed by atoms with E-state index in [0.717, 1.165) is 54.6 Å². The zero-order valence-corrected chi connectivity index (χ0v) is 18.2. The van der Waals surface area contributed by atoms with E-state index in [9.17, 15) is 0 Å². The van der Waals surface area contributed by atoms with Crippen molar-refractivity contribution < 1.29 is 9.47 Å². The molecule has 1 aromatic carbocycles. The molecule has 31 heavy (non-hydrogen) atoms. The first-order chi connectivity index (χ1) is 15.1. The summed E-state index contributed by atoms with van der Waals surface area (Å²) in [6, 6.07) is 10.0. The van der Waals surface area contributed by atoms with E-state index in [-0.39, 0.29) is 12.1 Å². The summed E-state index contributed by atoms with van der Waals surface area (Å²) < 4.78 is 13.3. The van der Waals surface area contributed by atoms with Crippen molar-refractivity contribution in [3.8, 4) is 17.0 Å². The molecule has 2 aromatic heterocycles. The summed E-state index contributed by atoms with van der Waals surface area (Å²) in [6.07, 6.45) is 5.99. The average Bonchev–Trinajstić information content (AvgIpc) is 3.45. The fraction of sp³-hybridized carbons (Fsp3) is 0.478. The van der Waals surface area contributed by atoms with Crippen molar-refractivity contribution in [2.75, 3.05) is 32.2 Å². The molecule has 0 radical (unpaired) electrons. The molecule has 0 amide bonds. The molecule has 1 aliphatic carbocycles. The number of benzene rings is 1. The van der Waals surface area contributed by atoms with Gasteiger partial charge in [0, 0.05) is 37.7 Å². The van der Waals surface area contributed by atoms with Crippen LogP contribution in [0.5, 0.6) is 5.75 Å². The Kier molecular flexibility index (Phi) is 5.31. The number of methoxy groups -OCH3 is 2. The number of aryl methyl sites for hydroxylation is 1. The van der Waals surface area contributed by atoms with Crippen molar-refractivity contribution >= 4 is 5.95 Å². The Balaban J connectivity index is 1.35. The van der Waals surface area contributed by atoms with E-state index in [1.807, 2.05) is 54.3 Å². The van der Waals surface area contributed by atoms with Crippen LogP contribution in [0, 0.1) is 18.8 Å². The summed E-state index contributed by atoms with van der Waals surface area (Å²) in [5, 5.41) is 8.92. The van der Waals surface area contributed by atoms with Crippen molar-refractivity contribution in [3.05, 3.63) is 48.4 Å². The van der Waals surface area contributed by atoms with E-state index in [0.29, 0.717) is 11.8 Å². The minimum Gasteiger partial charge on any atom is -0.497 e. The van der Waals surface area contributed by atoms with Crippen LogP contribution in [0.3, 0.4) is 0 Å². The van der Waals surface area contributed by atoms with Gasteiger partial charge in [-0.1, -0.05) is 17.3 Å². The predicted molar refractivity (Wildman–Crippen MR) is 117 cm³/mol. The van der Waals surface area contributed by atoms with Crippen LogP contribution in [-0.4, -0.2) is 58.4 Å². The summed E-state index contributed by atoms with van der Waals surface area (Å²) in [4.78, 5) is 11.4. The third-order valence-corrected chi connectivity index (χ3v) is 6.67. The van der Waals surface area contributed by atoms with Gasteiger partial charge in [-0.05, 0) is 49.8 Å². The first-order valence-corrected chi connectivity index (χ1v) is 10.8. The van der Waals surface area contributed by atoms with Gasteiger partial charge in [-0.3, -0.25) is 0 Å². The van der Waals surface area contributed by atoms with Crippen molar-refractivity contribution in [2.45, 2.75) is 31.9 Å². The van der Waals surface area contributed by atoms with Crippen LogP contribution in [0.1, 0.15) is 24.6 Å². The Morgan fingerprint density at radius 1 is 1.06 bits per heavy atom. The second kappa shape index (κ2) is 8.26. The van der Waals surface area contributed by atoms with Crippen molar-refractivity contribution in [2.24, 2.45) is 11.8 Å². The second-order valence-corrected chi connectivity index (χ2v) is 8.55. The lowest BCUT2D eigenvalue weighted by atomic mass is 9.77. The molecule has 0 unspecified atom stereocenters. The Morgan fingerprint density at radius 2 is 1.90 bits per heavy atom. The molecule has 0 bridgehead atoms. The molecule has 5 rings (SSSR count). The fourth-order valence-corrected chi connectivity index (χ4v) is 5.03. The lowest BCUT2D eigenvalue weighted by Gasteiger charge is -2.36. The topological polar surface area (TPSA) is 78.2 Å². The van der Waals surface area contributed by atoms with E-state index in [4.69, 9.17) is 9.47 Å². The van der Waals surface area contributed by atoms with Gasteiger partial charge in [-0.15, -0.1) is 5.10 Å². The monoisotopic (exact) mass is 420 g/mol. The Bertz CT molecular complexity index is 1050. The molecule has 0 N–H and O–H groups in total. The number of fused-ring (bicyclic) bond motifs is 1. The molecule has 8 heteroatoms. The van der Waals surface area contributed by atoms with Crippen LogP contribution in [0.15, 0.2) is 42.7 Å². The molecule has 3 aromatic rings. The van der Waals surface area contributed by atoms with Gasteiger partial charge in [0.25, 0.3) is 0 Å². The zero-order chi connectivity index (χ0) is 21.4. The van der Waals surface area contributed by atoms with E-state index < -0.39 is 0 Å². The first kappa shape index (κ1) is 19.9. The normalized spacial score (nSPS) is 25.5. The molecule has 4 atom stereocenters. The fourth-order valence-electron chi connectivity index (χ4n) is 5.03. The summed E-state index contributed by atoms with van der Waals surface area (Å²) in [5.74, 6) is 2.78. The average molecular weight is 421 g/mol. The van der Waals surface area contributed by atoms with E-state index >= 15 is 0 Å². The maximum Gasteiger partial charge on any atom is 0.225 e. The minimum atomic E-state index is 0.111. The molecule has 162 valence electrons. The lowest BCUT2D eigenvalue weighted by molar-refractivity contribution is -0.00541. The molecule has 1 saturated carbocycles. The Labute approximate surface area is 182 Å². The predicted octanol–water partition coefficient (Wildman–Crippen LogP) is 3.15. The summed E-state index contributed by atoms with van der Waals surface area (Å²) >= 11 is 0. The largest absolute Gasteiger partial charge is 0.497 e. The smallest absolute Gasteiger partial charge is 0.225 e. The number of hydrogen-bond acceptors (Lipinski definition) is 7. The molecule has 3 heterocycles. The molecule has 1 aliphatic heterocycles. The van der Waals surface area contributed by atoms with E-state index in [1.54, 1.807) is 14.2 Å². The molecule has 2 fully saturated rings. The highest BCUT2D eigenvalue weighted by molar-refractivity contribution is 5.59. The number of rotatable bonds is 5. The summed E-state index contributed by atoms with van der Waals surface area (Å²) in [5.41, 5.74) is 2.84. The minimum absolute atomic E-state index is 0.111. The molecule has 1 saturated heterocycles. The molecular formula is C23H28N6O2. The van der Waals surface area contributed by atoms with Crippen LogP contribution >= 0.6 is 0 Å². The molecule has 8 nitrogen and oxygen atoms in total. The first-order valence-electron chi connectivity index (χ1n) is 10.8. The zero-order valence-electron chi connectivity index (χ0n) is 18.2. The van der Waals surface area contributed by atoms with Gasteiger partial charge in [0.15, 0.2) is 0 Å². The molecule has 0 spiro atoms. The van der Waals surface area contributed by atoms with Crippen LogP contribution in [-0.2, 0) is 4.74 Å². The highest BCUT2D eigenvalue weighted by Crippen LogP contribution is 2.43. The number of anilines is 1. The Hall–Kier alpha value is -3.00. The molecular weight excluding hydrogens is 392 g/mol. The van der Waals surface area contributed by atoms with Crippen molar-refractivity contribution in [1.29, 1.82) is 0 Å². The number of hydrogen-bond donors (Lipinski definition) is 0. The highest BCUT2D eigenvalue weighted by Gasteiger charge is 2.44. The van der Waals surface area contributed by atoms with Crippen LogP contribution in [0.2, 0.25) is 0 Å². The van der Waals surface area contributed by atoms with Gasteiger partial charge < -0.3 is 14.4 Å². The van der Waals surface area contributed by atoms with Gasteiger partial charge in [0.05, 0.1) is 25.5 Å². The van der Waals surface area contributed by atoms with Gasteiger partial charge in [-0.25, -0.2) is 14.6 Å². The Morgan fingerprint density at radius 3 is 2.68 bits per heavy atom. The number of nitrogens with zero attached hydrogens (tertiary/aromatic N) is 6. The summed E-state index contributed by atoms with van der Waals surface area (Å²) in [6.45, 7) is 3.96. The molecule has 2 aliphatic rings. The maximum absolute atomic E-state index is 5.92. The van der Waals surface area contributed by atoms with Crippen LogP contribution < -0.4 is 9.64 Å². The SMILES string of the molecule is COc1cccc(-c2cn([C@@H]3C[C@@H]4CN(c5nccc(C)n5)C[C@@H]4C[C@H]3OC)nn2)c1. The van der Waals surface area contributed by atoms with E-state index in [2.05, 4.69) is 25.2 Å². The van der Waals surface area contributed by atoms with Crippen molar-refractivity contribution in [1.82, 2.24) is 25.0 Å². The third-order valence-electron chi connectivity index (χ3n) is 6.67. The standard InChI is InChI=1S/C23H28N6O2/c1-15-7-8-24-23(25-15)28-12-17-10-21(22(31-3)11-18(17)13-28)29-14-20(26-27-29)16-5-4-6-19(9-16)30-2/h4-9,14,17-18,21-22H,10-13H2,1-3H3/t17-,18+,21-,22-/m1/s1. The number of ether oxygens (including phenoxy) is 2. The van der Waals surface area contributed by atoms with Crippen LogP contribution in [0.4, 0.5) is 5.95 Å². The van der Waals surface area contributed by atoms with Gasteiger partial charge in [-0.2, -0.15) is 0 Å². The van der Waals surface area contributed by atoms with Gasteiger partial charge in [0.1, 0.15) is 11.4 Å². The number of aromatic nitrogens is 5. The summed E-state index contributed by atoms with van der Waals surface area (Å²) in [7, 11) is 3.47. The van der Waals surface area contributed by atoms with Gasteiger partial charge in [0.2, 0.25) is 5.95 Å². The lowest BCUT2D eigenvalue weighted by Crippen LogP contribution is -2.37. The highest BCUT2D eigenvalue weighted by atomic mass is 16.5. The maximum atomic E-state index is 5.92. The third kappa shape index (κ3) is 3.87.